The van der Waals surface area contributed by atoms with Crippen LogP contribution < -0.4 is 5.32 Å². The quantitative estimate of drug-likeness (QED) is 0.924. The lowest BCUT2D eigenvalue weighted by molar-refractivity contribution is 0.0918. The van der Waals surface area contributed by atoms with Gasteiger partial charge in [-0.1, -0.05) is 6.42 Å². The van der Waals surface area contributed by atoms with Crippen LogP contribution in [0, 0.1) is 24.7 Å². The fourth-order valence-electron chi connectivity index (χ4n) is 4.40. The van der Waals surface area contributed by atoms with Crippen molar-refractivity contribution in [3.8, 4) is 10.8 Å². The van der Waals surface area contributed by atoms with E-state index in [0.29, 0.717) is 21.6 Å². The van der Waals surface area contributed by atoms with Crippen molar-refractivity contribution in [2.45, 2.75) is 45.6 Å². The zero-order valence-electron chi connectivity index (χ0n) is 14.0. The second-order valence-corrected chi connectivity index (χ2v) is 8.11. The summed E-state index contributed by atoms with van der Waals surface area (Å²) in [6, 6.07) is 2.00. The van der Waals surface area contributed by atoms with E-state index in [1.54, 1.807) is 18.5 Å². The number of nitrogens with one attached hydrogen (secondary N) is 1. The van der Waals surface area contributed by atoms with Crippen LogP contribution in [0.4, 0.5) is 0 Å². The molecule has 0 aliphatic heterocycles. The number of fused-ring (bicyclic) bond motifs is 2. The van der Waals surface area contributed by atoms with Crippen molar-refractivity contribution in [2.75, 3.05) is 0 Å². The second kappa shape index (κ2) is 6.24. The number of aromatic nitrogens is 3. The van der Waals surface area contributed by atoms with Gasteiger partial charge in [-0.25, -0.2) is 15.0 Å². The van der Waals surface area contributed by atoms with E-state index in [1.807, 2.05) is 6.92 Å². The van der Waals surface area contributed by atoms with E-state index in [0.717, 1.165) is 17.5 Å². The van der Waals surface area contributed by atoms with Gasteiger partial charge in [-0.05, 0) is 56.9 Å². The zero-order chi connectivity index (χ0) is 16.7. The zero-order valence-corrected chi connectivity index (χ0v) is 14.8. The van der Waals surface area contributed by atoms with Gasteiger partial charge in [0.2, 0.25) is 0 Å². The Morgan fingerprint density at radius 2 is 2.08 bits per heavy atom. The summed E-state index contributed by atoms with van der Waals surface area (Å²) >= 11 is 1.37. The first-order valence-electron chi connectivity index (χ1n) is 8.67. The molecule has 1 amide bonds. The van der Waals surface area contributed by atoms with Gasteiger partial charge in [0.1, 0.15) is 4.88 Å². The van der Waals surface area contributed by atoms with Crippen molar-refractivity contribution in [3.05, 3.63) is 29.0 Å². The van der Waals surface area contributed by atoms with Gasteiger partial charge >= 0.3 is 0 Å². The lowest BCUT2D eigenvalue weighted by Crippen LogP contribution is -2.40. The lowest BCUT2D eigenvalue weighted by atomic mass is 9.84. The van der Waals surface area contributed by atoms with Crippen molar-refractivity contribution in [1.82, 2.24) is 20.3 Å². The molecule has 2 aromatic heterocycles. The third kappa shape index (κ3) is 2.83. The molecule has 4 atom stereocenters. The van der Waals surface area contributed by atoms with Crippen LogP contribution in [0.25, 0.3) is 10.8 Å². The summed E-state index contributed by atoms with van der Waals surface area (Å²) in [6.07, 6.45) is 8.74. The highest BCUT2D eigenvalue weighted by Gasteiger charge is 2.42. The van der Waals surface area contributed by atoms with Crippen LogP contribution in [0.15, 0.2) is 18.5 Å². The Balaban J connectivity index is 1.47. The second-order valence-electron chi connectivity index (χ2n) is 7.11. The van der Waals surface area contributed by atoms with Crippen molar-refractivity contribution in [1.29, 1.82) is 0 Å². The highest BCUT2D eigenvalue weighted by Crippen LogP contribution is 2.49. The van der Waals surface area contributed by atoms with E-state index in [1.165, 1.54) is 37.0 Å². The standard InChI is InChI=1S/C18H22N4OS/c1-10(14-9-12-4-5-13(14)8-12)21-17(23)15-11(2)22-18(24-15)16-19-6-3-7-20-16/h3,6-7,10,12-14H,4-5,8-9H2,1-2H3,(H,21,23)/t10-,12-,13-,14-/m0/s1. The van der Waals surface area contributed by atoms with Gasteiger partial charge in [0.25, 0.3) is 5.91 Å². The van der Waals surface area contributed by atoms with Gasteiger partial charge in [0.05, 0.1) is 5.69 Å². The Labute approximate surface area is 146 Å². The van der Waals surface area contributed by atoms with Gasteiger partial charge in [-0.3, -0.25) is 4.79 Å². The molecule has 2 heterocycles. The Hall–Kier alpha value is -1.82. The number of thiazole rings is 1. The molecule has 0 radical (unpaired) electrons. The summed E-state index contributed by atoms with van der Waals surface area (Å²) < 4.78 is 0. The molecule has 5 nitrogen and oxygen atoms in total. The van der Waals surface area contributed by atoms with Gasteiger partial charge in [0.15, 0.2) is 10.8 Å². The predicted molar refractivity (Wildman–Crippen MR) is 93.7 cm³/mol. The maximum absolute atomic E-state index is 12.7. The summed E-state index contributed by atoms with van der Waals surface area (Å²) in [5.74, 6) is 2.90. The number of hydrogen-bond donors (Lipinski definition) is 1. The molecule has 1 N–H and O–H groups in total. The number of aryl methyl sites for hydroxylation is 1. The molecule has 24 heavy (non-hydrogen) atoms. The monoisotopic (exact) mass is 342 g/mol. The van der Waals surface area contributed by atoms with Crippen LogP contribution in [-0.2, 0) is 0 Å². The number of carbonyl (C=O) groups excluding carboxylic acids is 1. The third-order valence-electron chi connectivity index (χ3n) is 5.55. The number of nitrogens with zero attached hydrogens (tertiary/aromatic N) is 3. The molecule has 0 saturated heterocycles. The molecular weight excluding hydrogens is 320 g/mol. The number of amides is 1. The Kier molecular flexibility index (Phi) is 4.08. The van der Waals surface area contributed by atoms with Crippen LogP contribution in [0.3, 0.4) is 0 Å². The van der Waals surface area contributed by atoms with Crippen LogP contribution in [0.1, 0.15) is 48.0 Å². The first kappa shape index (κ1) is 15.7. The van der Waals surface area contributed by atoms with E-state index >= 15 is 0 Å². The van der Waals surface area contributed by atoms with Crippen molar-refractivity contribution >= 4 is 17.2 Å². The van der Waals surface area contributed by atoms with E-state index < -0.39 is 0 Å². The smallest absolute Gasteiger partial charge is 0.263 e. The molecule has 2 saturated carbocycles. The molecule has 6 heteroatoms. The minimum Gasteiger partial charge on any atom is -0.349 e. The molecule has 2 aliphatic carbocycles. The normalized spacial score (nSPS) is 26.5. The fraction of sp³-hybridized carbons (Fsp3) is 0.556. The summed E-state index contributed by atoms with van der Waals surface area (Å²) in [5.41, 5.74) is 0.750. The topological polar surface area (TPSA) is 67.8 Å². The lowest BCUT2D eigenvalue weighted by Gasteiger charge is -2.28. The van der Waals surface area contributed by atoms with Crippen LogP contribution in [-0.4, -0.2) is 26.9 Å². The fourth-order valence-corrected chi connectivity index (χ4v) is 5.32. The molecule has 0 unspecified atom stereocenters. The minimum absolute atomic E-state index is 0.0116. The van der Waals surface area contributed by atoms with Gasteiger partial charge < -0.3 is 5.32 Å². The number of carbonyl (C=O) groups is 1. The summed E-state index contributed by atoms with van der Waals surface area (Å²) in [6.45, 7) is 4.03. The number of hydrogen-bond acceptors (Lipinski definition) is 5. The van der Waals surface area contributed by atoms with Gasteiger partial charge in [-0.15, -0.1) is 11.3 Å². The van der Waals surface area contributed by atoms with Crippen molar-refractivity contribution in [3.63, 3.8) is 0 Å². The molecule has 2 aromatic rings. The Morgan fingerprint density at radius 1 is 1.29 bits per heavy atom. The molecule has 4 rings (SSSR count). The Morgan fingerprint density at radius 3 is 2.75 bits per heavy atom. The summed E-state index contributed by atoms with van der Waals surface area (Å²) in [5, 5.41) is 3.92. The first-order valence-corrected chi connectivity index (χ1v) is 9.49. The molecule has 0 spiro atoms. The molecule has 2 aliphatic rings. The molecular formula is C18H22N4OS. The third-order valence-corrected chi connectivity index (χ3v) is 6.71. The van der Waals surface area contributed by atoms with E-state index in [-0.39, 0.29) is 11.9 Å². The van der Waals surface area contributed by atoms with Crippen molar-refractivity contribution < 1.29 is 4.79 Å². The molecule has 0 aromatic carbocycles. The maximum atomic E-state index is 12.7. The minimum atomic E-state index is -0.0116. The van der Waals surface area contributed by atoms with Crippen LogP contribution in [0.5, 0.6) is 0 Å². The van der Waals surface area contributed by atoms with E-state index in [2.05, 4.69) is 27.2 Å². The highest BCUT2D eigenvalue weighted by atomic mass is 32.1. The van der Waals surface area contributed by atoms with E-state index in [9.17, 15) is 4.79 Å². The van der Waals surface area contributed by atoms with Gasteiger partial charge in [0, 0.05) is 18.4 Å². The maximum Gasteiger partial charge on any atom is 0.263 e. The van der Waals surface area contributed by atoms with Gasteiger partial charge in [-0.2, -0.15) is 0 Å². The SMILES string of the molecule is Cc1nc(-c2ncccn2)sc1C(=O)N[C@@H](C)[C@@H]1C[C@H]2CC[C@H]1C2. The first-order chi connectivity index (χ1) is 11.6. The largest absolute Gasteiger partial charge is 0.349 e. The van der Waals surface area contributed by atoms with E-state index in [4.69, 9.17) is 0 Å². The average molecular weight is 342 g/mol. The predicted octanol–water partition coefficient (Wildman–Crippen LogP) is 3.46. The molecule has 126 valence electrons. The van der Waals surface area contributed by atoms with Crippen LogP contribution >= 0.6 is 11.3 Å². The summed E-state index contributed by atoms with van der Waals surface area (Å²) in [4.78, 5) is 26.3. The molecule has 2 bridgehead atoms. The molecule has 2 fully saturated rings. The average Bonchev–Trinajstić information content (AvgIpc) is 3.30. The van der Waals surface area contributed by atoms with Crippen molar-refractivity contribution in [2.24, 2.45) is 17.8 Å². The van der Waals surface area contributed by atoms with Crippen LogP contribution in [0.2, 0.25) is 0 Å². The Bertz CT molecular complexity index is 745. The summed E-state index contributed by atoms with van der Waals surface area (Å²) in [7, 11) is 0. The number of rotatable bonds is 4. The highest BCUT2D eigenvalue weighted by molar-refractivity contribution is 7.17.